The minimum absolute atomic E-state index is 0.825. The van der Waals surface area contributed by atoms with E-state index in [1.165, 1.54) is 42.0 Å². The van der Waals surface area contributed by atoms with Gasteiger partial charge in [0.05, 0.1) is 0 Å². The number of rotatable bonds is 3. The molecule has 0 aromatic heterocycles. The van der Waals surface area contributed by atoms with Crippen molar-refractivity contribution in [1.82, 2.24) is 5.32 Å². The molecular formula is C13H19NS. The Morgan fingerprint density at radius 2 is 2.27 bits per heavy atom. The van der Waals surface area contributed by atoms with Gasteiger partial charge in [-0.05, 0) is 37.9 Å². The highest BCUT2D eigenvalue weighted by molar-refractivity contribution is 7.99. The van der Waals surface area contributed by atoms with Gasteiger partial charge in [0.15, 0.2) is 0 Å². The Morgan fingerprint density at radius 1 is 1.40 bits per heavy atom. The van der Waals surface area contributed by atoms with Crippen LogP contribution in [0.25, 0.3) is 0 Å². The van der Waals surface area contributed by atoms with E-state index in [0.29, 0.717) is 0 Å². The minimum Gasteiger partial charge on any atom is -0.316 e. The molecule has 0 spiro atoms. The highest BCUT2D eigenvalue weighted by atomic mass is 32.2. The highest BCUT2D eigenvalue weighted by Crippen LogP contribution is 2.24. The molecule has 0 aliphatic carbocycles. The van der Waals surface area contributed by atoms with Crippen molar-refractivity contribution in [3.63, 3.8) is 0 Å². The van der Waals surface area contributed by atoms with Crippen molar-refractivity contribution in [1.29, 1.82) is 0 Å². The van der Waals surface area contributed by atoms with Gasteiger partial charge in [-0.25, -0.2) is 0 Å². The van der Waals surface area contributed by atoms with Crippen LogP contribution < -0.4 is 5.32 Å². The van der Waals surface area contributed by atoms with E-state index in [9.17, 15) is 0 Å². The first-order valence-corrected chi connectivity index (χ1v) is 6.69. The predicted molar refractivity (Wildman–Crippen MR) is 68.5 cm³/mol. The van der Waals surface area contributed by atoms with Crippen LogP contribution in [0.5, 0.6) is 0 Å². The van der Waals surface area contributed by atoms with Crippen molar-refractivity contribution in [2.75, 3.05) is 13.1 Å². The first-order chi connectivity index (χ1) is 7.25. The molecule has 1 atom stereocenters. The summed E-state index contributed by atoms with van der Waals surface area (Å²) in [6.45, 7) is 6.76. The van der Waals surface area contributed by atoms with Gasteiger partial charge in [0.1, 0.15) is 0 Å². The number of nitrogens with one attached hydrogen (secondary N) is 1. The highest BCUT2D eigenvalue weighted by Gasteiger charge is 2.14. The van der Waals surface area contributed by atoms with Gasteiger partial charge in [-0.3, -0.25) is 0 Å². The number of benzene rings is 1. The van der Waals surface area contributed by atoms with Crippen LogP contribution in [0.2, 0.25) is 0 Å². The Bertz CT molecular complexity index is 329. The molecule has 0 bridgehead atoms. The summed E-state index contributed by atoms with van der Waals surface area (Å²) in [7, 11) is 0. The van der Waals surface area contributed by atoms with Crippen molar-refractivity contribution < 1.29 is 0 Å². The molecule has 0 radical (unpaired) electrons. The van der Waals surface area contributed by atoms with Gasteiger partial charge in [-0.15, -0.1) is 0 Å². The third-order valence-electron chi connectivity index (χ3n) is 2.99. The lowest BCUT2D eigenvalue weighted by molar-refractivity contribution is 0.858. The lowest BCUT2D eigenvalue weighted by Crippen LogP contribution is -2.10. The average molecular weight is 221 g/mol. The molecule has 1 aromatic rings. The van der Waals surface area contributed by atoms with Gasteiger partial charge in [0, 0.05) is 17.5 Å². The lowest BCUT2D eigenvalue weighted by atomic mass is 10.1. The van der Waals surface area contributed by atoms with Crippen LogP contribution in [0.3, 0.4) is 0 Å². The summed E-state index contributed by atoms with van der Waals surface area (Å²) in [5, 5.41) is 4.24. The standard InChI is InChI=1S/C13H19NS/c1-10-3-4-12(11(2)7-10)9-15-13-5-6-14-8-13/h3-4,7,13-14H,5-6,8-9H2,1-2H3. The van der Waals surface area contributed by atoms with Crippen molar-refractivity contribution in [2.45, 2.75) is 31.3 Å². The Hall–Kier alpha value is -0.470. The van der Waals surface area contributed by atoms with E-state index in [1.807, 2.05) is 0 Å². The lowest BCUT2D eigenvalue weighted by Gasteiger charge is -2.10. The Kier molecular flexibility index (Phi) is 3.71. The molecule has 1 N–H and O–H groups in total. The van der Waals surface area contributed by atoms with Crippen molar-refractivity contribution in [2.24, 2.45) is 0 Å². The van der Waals surface area contributed by atoms with Crippen LogP contribution in [-0.2, 0) is 5.75 Å². The van der Waals surface area contributed by atoms with E-state index in [2.05, 4.69) is 49.1 Å². The summed E-state index contributed by atoms with van der Waals surface area (Å²) in [6.07, 6.45) is 1.33. The second-order valence-electron chi connectivity index (χ2n) is 4.36. The zero-order chi connectivity index (χ0) is 10.7. The summed E-state index contributed by atoms with van der Waals surface area (Å²) in [6, 6.07) is 6.78. The molecule has 1 aliphatic rings. The topological polar surface area (TPSA) is 12.0 Å². The molecule has 1 aromatic carbocycles. The van der Waals surface area contributed by atoms with Crippen LogP contribution in [0.1, 0.15) is 23.1 Å². The normalized spacial score (nSPS) is 20.8. The third-order valence-corrected chi connectivity index (χ3v) is 4.34. The summed E-state index contributed by atoms with van der Waals surface area (Å²) < 4.78 is 0. The van der Waals surface area contributed by atoms with E-state index < -0.39 is 0 Å². The molecule has 15 heavy (non-hydrogen) atoms. The fourth-order valence-corrected chi connectivity index (χ4v) is 3.25. The number of hydrogen-bond donors (Lipinski definition) is 1. The molecule has 1 nitrogen and oxygen atoms in total. The molecule has 1 aliphatic heterocycles. The van der Waals surface area contributed by atoms with Gasteiger partial charge in [0.2, 0.25) is 0 Å². The van der Waals surface area contributed by atoms with E-state index >= 15 is 0 Å². The Balaban J connectivity index is 1.92. The first-order valence-electron chi connectivity index (χ1n) is 5.64. The Labute approximate surface area is 96.7 Å². The quantitative estimate of drug-likeness (QED) is 0.842. The summed E-state index contributed by atoms with van der Waals surface area (Å²) >= 11 is 2.09. The number of hydrogen-bond acceptors (Lipinski definition) is 2. The van der Waals surface area contributed by atoms with E-state index in [1.54, 1.807) is 0 Å². The van der Waals surface area contributed by atoms with Gasteiger partial charge < -0.3 is 5.32 Å². The fourth-order valence-electron chi connectivity index (χ4n) is 1.99. The second-order valence-corrected chi connectivity index (χ2v) is 5.64. The van der Waals surface area contributed by atoms with Gasteiger partial charge in [0.25, 0.3) is 0 Å². The Morgan fingerprint density at radius 3 is 2.93 bits per heavy atom. The molecule has 2 rings (SSSR count). The summed E-state index contributed by atoms with van der Waals surface area (Å²) in [5.41, 5.74) is 4.30. The number of aryl methyl sites for hydroxylation is 2. The molecule has 2 heteroatoms. The van der Waals surface area contributed by atoms with E-state index in [0.717, 1.165) is 5.25 Å². The van der Waals surface area contributed by atoms with Crippen LogP contribution in [-0.4, -0.2) is 18.3 Å². The van der Waals surface area contributed by atoms with Crippen LogP contribution >= 0.6 is 11.8 Å². The fraction of sp³-hybridized carbons (Fsp3) is 0.538. The van der Waals surface area contributed by atoms with E-state index in [-0.39, 0.29) is 0 Å². The maximum atomic E-state index is 3.41. The molecule has 0 saturated carbocycles. The van der Waals surface area contributed by atoms with E-state index in [4.69, 9.17) is 0 Å². The van der Waals surface area contributed by atoms with Crippen LogP contribution in [0.15, 0.2) is 18.2 Å². The predicted octanol–water partition coefficient (Wildman–Crippen LogP) is 2.90. The molecular weight excluding hydrogens is 202 g/mol. The summed E-state index contributed by atoms with van der Waals surface area (Å²) in [5.74, 6) is 1.17. The van der Waals surface area contributed by atoms with Crippen LogP contribution in [0, 0.1) is 13.8 Å². The van der Waals surface area contributed by atoms with Crippen LogP contribution in [0.4, 0.5) is 0 Å². The molecule has 0 amide bonds. The molecule has 82 valence electrons. The molecule has 1 saturated heterocycles. The molecule has 1 unspecified atom stereocenters. The monoisotopic (exact) mass is 221 g/mol. The smallest absolute Gasteiger partial charge is 0.0190 e. The zero-order valence-electron chi connectivity index (χ0n) is 9.55. The summed E-state index contributed by atoms with van der Waals surface area (Å²) in [4.78, 5) is 0. The van der Waals surface area contributed by atoms with Crippen molar-refractivity contribution >= 4 is 11.8 Å². The maximum Gasteiger partial charge on any atom is 0.0190 e. The third kappa shape index (κ3) is 2.99. The first kappa shape index (κ1) is 11.0. The minimum atomic E-state index is 0.825. The van der Waals surface area contributed by atoms with Crippen molar-refractivity contribution in [3.8, 4) is 0 Å². The molecule has 1 fully saturated rings. The second kappa shape index (κ2) is 5.04. The van der Waals surface area contributed by atoms with Gasteiger partial charge in [-0.2, -0.15) is 11.8 Å². The van der Waals surface area contributed by atoms with Gasteiger partial charge >= 0.3 is 0 Å². The van der Waals surface area contributed by atoms with Crippen molar-refractivity contribution in [3.05, 3.63) is 34.9 Å². The number of thioether (sulfide) groups is 1. The van der Waals surface area contributed by atoms with Gasteiger partial charge in [-0.1, -0.05) is 23.8 Å². The zero-order valence-corrected chi connectivity index (χ0v) is 10.4. The maximum absolute atomic E-state index is 3.41. The SMILES string of the molecule is Cc1ccc(CSC2CCNC2)c(C)c1. The largest absolute Gasteiger partial charge is 0.316 e. The molecule has 1 heterocycles. The average Bonchev–Trinajstić information content (AvgIpc) is 2.69.